The standard InChI is InChI=1S/C24H30N2O3/c1-3-22(8-5-14-28-15-12-20-9-10-20)26-13-11-23(16-24(26)27)29-18-21-7-4-6-19(2)17-25-21/h3,5-7,11,13-14,16-17,20,22H,1,4,8-10,12,15,18H2,2H3/b14-5+. The Labute approximate surface area is 172 Å². The van der Waals surface area contributed by atoms with E-state index in [9.17, 15) is 4.79 Å². The summed E-state index contributed by atoms with van der Waals surface area (Å²) in [7, 11) is 0. The smallest absolute Gasteiger partial charge is 0.254 e. The quantitative estimate of drug-likeness (QED) is 0.302. The zero-order chi connectivity index (χ0) is 20.5. The van der Waals surface area contributed by atoms with Gasteiger partial charge < -0.3 is 14.0 Å². The number of aliphatic imine (C=N–C) groups is 1. The van der Waals surface area contributed by atoms with Gasteiger partial charge in [0.2, 0.25) is 0 Å². The van der Waals surface area contributed by atoms with Crippen LogP contribution in [-0.4, -0.2) is 24.0 Å². The van der Waals surface area contributed by atoms with Crippen LogP contribution in [0.3, 0.4) is 0 Å². The van der Waals surface area contributed by atoms with E-state index < -0.39 is 0 Å². The lowest BCUT2D eigenvalue weighted by molar-refractivity contribution is 0.237. The molecule has 1 unspecified atom stereocenters. The minimum atomic E-state index is -0.122. The second-order valence-corrected chi connectivity index (χ2v) is 7.55. The van der Waals surface area contributed by atoms with Gasteiger partial charge >= 0.3 is 0 Å². The van der Waals surface area contributed by atoms with Crippen molar-refractivity contribution in [2.24, 2.45) is 10.9 Å². The number of rotatable bonds is 11. The Kier molecular flexibility index (Phi) is 7.68. The van der Waals surface area contributed by atoms with E-state index in [-0.39, 0.29) is 11.6 Å². The zero-order valence-corrected chi connectivity index (χ0v) is 17.1. The highest BCUT2D eigenvalue weighted by Gasteiger charge is 2.20. The van der Waals surface area contributed by atoms with E-state index in [1.807, 2.05) is 25.3 Å². The predicted octanol–water partition coefficient (Wildman–Crippen LogP) is 4.98. The van der Waals surface area contributed by atoms with Crippen molar-refractivity contribution in [3.8, 4) is 5.75 Å². The van der Waals surface area contributed by atoms with Gasteiger partial charge in [-0.25, -0.2) is 0 Å². The van der Waals surface area contributed by atoms with Crippen molar-refractivity contribution in [1.29, 1.82) is 0 Å². The van der Waals surface area contributed by atoms with Crippen molar-refractivity contribution in [2.75, 3.05) is 13.2 Å². The van der Waals surface area contributed by atoms with Gasteiger partial charge in [-0.3, -0.25) is 9.79 Å². The Morgan fingerprint density at radius 3 is 3.00 bits per heavy atom. The van der Waals surface area contributed by atoms with Crippen LogP contribution in [-0.2, 0) is 4.74 Å². The predicted molar refractivity (Wildman–Crippen MR) is 117 cm³/mol. The Morgan fingerprint density at radius 1 is 1.38 bits per heavy atom. The molecule has 154 valence electrons. The van der Waals surface area contributed by atoms with Crippen LogP contribution in [0.1, 0.15) is 45.1 Å². The summed E-state index contributed by atoms with van der Waals surface area (Å²) in [5.41, 5.74) is 1.88. The van der Waals surface area contributed by atoms with Crippen molar-refractivity contribution >= 4 is 6.21 Å². The number of pyridine rings is 1. The molecule has 29 heavy (non-hydrogen) atoms. The fourth-order valence-electron chi connectivity index (χ4n) is 3.06. The van der Waals surface area contributed by atoms with E-state index in [2.05, 4.69) is 17.6 Å². The van der Waals surface area contributed by atoms with Gasteiger partial charge in [-0.1, -0.05) is 31.1 Å². The average molecular weight is 395 g/mol. The Morgan fingerprint density at radius 2 is 2.24 bits per heavy atom. The first-order chi connectivity index (χ1) is 14.2. The van der Waals surface area contributed by atoms with E-state index in [1.54, 1.807) is 29.2 Å². The summed E-state index contributed by atoms with van der Waals surface area (Å²) in [5.74, 6) is 1.41. The van der Waals surface area contributed by atoms with Crippen LogP contribution < -0.4 is 10.3 Å². The molecule has 0 aromatic carbocycles. The summed E-state index contributed by atoms with van der Waals surface area (Å²) in [4.78, 5) is 16.9. The first kappa shape index (κ1) is 20.9. The van der Waals surface area contributed by atoms with Gasteiger partial charge in [-0.2, -0.15) is 0 Å². The summed E-state index contributed by atoms with van der Waals surface area (Å²) in [6.07, 6.45) is 18.5. The largest absolute Gasteiger partial charge is 0.502 e. The first-order valence-corrected chi connectivity index (χ1v) is 10.3. The van der Waals surface area contributed by atoms with Gasteiger partial charge in [0.25, 0.3) is 5.56 Å². The van der Waals surface area contributed by atoms with Crippen LogP contribution in [0, 0.1) is 5.92 Å². The van der Waals surface area contributed by atoms with E-state index >= 15 is 0 Å². The number of nitrogens with zero attached hydrogens (tertiary/aromatic N) is 2. The minimum absolute atomic E-state index is 0.119. The lowest BCUT2D eigenvalue weighted by Crippen LogP contribution is -2.22. The number of ether oxygens (including phenoxy) is 2. The summed E-state index contributed by atoms with van der Waals surface area (Å²) in [6.45, 7) is 6.99. The molecule has 5 heteroatoms. The lowest BCUT2D eigenvalue weighted by atomic mass is 10.2. The molecule has 1 aliphatic carbocycles. The number of allylic oxidation sites excluding steroid dienone is 5. The molecule has 1 fully saturated rings. The van der Waals surface area contributed by atoms with E-state index in [0.29, 0.717) is 18.8 Å². The number of aromatic nitrogens is 1. The molecule has 1 aromatic heterocycles. The van der Waals surface area contributed by atoms with Crippen molar-refractivity contribution in [2.45, 2.75) is 45.1 Å². The topological polar surface area (TPSA) is 52.8 Å². The zero-order valence-electron chi connectivity index (χ0n) is 17.1. The third-order valence-corrected chi connectivity index (χ3v) is 5.07. The monoisotopic (exact) mass is 394 g/mol. The van der Waals surface area contributed by atoms with Crippen molar-refractivity contribution < 1.29 is 9.47 Å². The van der Waals surface area contributed by atoms with Gasteiger partial charge in [0, 0.05) is 18.5 Å². The fraction of sp³-hybridized carbons (Fsp3) is 0.417. The summed E-state index contributed by atoms with van der Waals surface area (Å²) >= 11 is 0. The van der Waals surface area contributed by atoms with Crippen LogP contribution in [0.2, 0.25) is 0 Å². The van der Waals surface area contributed by atoms with E-state index in [0.717, 1.165) is 36.6 Å². The van der Waals surface area contributed by atoms with Gasteiger partial charge in [0.15, 0.2) is 0 Å². The molecule has 5 nitrogen and oxygen atoms in total. The number of hydrogen-bond donors (Lipinski definition) is 0. The molecule has 1 atom stereocenters. The van der Waals surface area contributed by atoms with Crippen LogP contribution >= 0.6 is 0 Å². The van der Waals surface area contributed by atoms with Crippen molar-refractivity contribution in [3.63, 3.8) is 0 Å². The average Bonchev–Trinajstić information content (AvgIpc) is 3.55. The third kappa shape index (κ3) is 6.93. The highest BCUT2D eigenvalue weighted by Crippen LogP contribution is 2.32. The van der Waals surface area contributed by atoms with E-state index in [4.69, 9.17) is 9.47 Å². The molecule has 0 spiro atoms. The SMILES string of the molecule is C=CC(C/C=C/OCCC1CC1)n1ccc(OCC2=CCC=C(C)C=N2)cc1=O. The maximum Gasteiger partial charge on any atom is 0.254 e. The van der Waals surface area contributed by atoms with Crippen molar-refractivity contribution in [3.05, 3.63) is 77.1 Å². The molecule has 1 aromatic rings. The van der Waals surface area contributed by atoms with Crippen molar-refractivity contribution in [1.82, 2.24) is 4.57 Å². The third-order valence-electron chi connectivity index (χ3n) is 5.07. The molecule has 0 radical (unpaired) electrons. The molecule has 1 aliphatic heterocycles. The first-order valence-electron chi connectivity index (χ1n) is 10.3. The molecule has 0 amide bonds. The second kappa shape index (κ2) is 10.6. The van der Waals surface area contributed by atoms with Gasteiger partial charge in [0.05, 0.1) is 24.6 Å². The molecular formula is C24H30N2O3. The minimum Gasteiger partial charge on any atom is -0.502 e. The highest BCUT2D eigenvalue weighted by atomic mass is 16.5. The lowest BCUT2D eigenvalue weighted by Gasteiger charge is -2.15. The van der Waals surface area contributed by atoms with Gasteiger partial charge in [0.1, 0.15) is 12.4 Å². The van der Waals surface area contributed by atoms with E-state index in [1.165, 1.54) is 18.9 Å². The van der Waals surface area contributed by atoms with Gasteiger partial charge in [-0.15, -0.1) is 6.58 Å². The maximum absolute atomic E-state index is 12.5. The molecule has 2 heterocycles. The Balaban J connectivity index is 1.51. The van der Waals surface area contributed by atoms with Gasteiger partial charge in [-0.05, 0) is 49.8 Å². The normalized spacial score (nSPS) is 17.4. The molecule has 0 saturated heterocycles. The number of hydrogen-bond acceptors (Lipinski definition) is 4. The molecule has 2 aliphatic rings. The second-order valence-electron chi connectivity index (χ2n) is 7.55. The van der Waals surface area contributed by atoms with Crippen LogP contribution in [0.5, 0.6) is 5.75 Å². The van der Waals surface area contributed by atoms with Crippen LogP contribution in [0.25, 0.3) is 0 Å². The molecular weight excluding hydrogens is 364 g/mol. The Bertz CT molecular complexity index is 872. The molecule has 1 saturated carbocycles. The summed E-state index contributed by atoms with van der Waals surface area (Å²) in [6, 6.07) is 3.19. The molecule has 0 N–H and O–H groups in total. The summed E-state index contributed by atoms with van der Waals surface area (Å²) < 4.78 is 12.9. The maximum atomic E-state index is 12.5. The fourth-order valence-corrected chi connectivity index (χ4v) is 3.06. The Hall–Kier alpha value is -2.82. The van der Waals surface area contributed by atoms with Crippen LogP contribution in [0.4, 0.5) is 0 Å². The van der Waals surface area contributed by atoms with Crippen LogP contribution in [0.15, 0.2) is 76.5 Å². The molecule has 0 bridgehead atoms. The highest BCUT2D eigenvalue weighted by molar-refractivity contribution is 5.79. The summed E-state index contributed by atoms with van der Waals surface area (Å²) in [5, 5.41) is 0. The molecule has 3 rings (SSSR count).